The van der Waals surface area contributed by atoms with Crippen LogP contribution in [-0.2, 0) is 14.3 Å². The Morgan fingerprint density at radius 3 is 2.33 bits per heavy atom. The third-order valence-corrected chi connectivity index (χ3v) is 8.57. The van der Waals surface area contributed by atoms with Gasteiger partial charge in [0.05, 0.1) is 15.8 Å². The van der Waals surface area contributed by atoms with E-state index < -0.39 is 6.04 Å². The Bertz CT molecular complexity index is 1090. The van der Waals surface area contributed by atoms with E-state index in [-0.39, 0.29) is 30.9 Å². The van der Waals surface area contributed by atoms with Gasteiger partial charge in [-0.15, -0.1) is 11.3 Å². The van der Waals surface area contributed by atoms with Crippen LogP contribution < -0.4 is 15.5 Å². The number of amides is 3. The quantitative estimate of drug-likeness (QED) is 0.513. The van der Waals surface area contributed by atoms with Gasteiger partial charge in [0.2, 0.25) is 5.91 Å². The predicted octanol–water partition coefficient (Wildman–Crippen LogP) is 3.91. The van der Waals surface area contributed by atoms with Crippen molar-refractivity contribution in [3.8, 4) is 0 Å². The van der Waals surface area contributed by atoms with E-state index in [1.54, 1.807) is 17.0 Å². The van der Waals surface area contributed by atoms with Crippen molar-refractivity contribution in [3.63, 3.8) is 0 Å². The summed E-state index contributed by atoms with van der Waals surface area (Å²) in [5.41, 5.74) is 1.44. The number of halogens is 1. The first-order valence-corrected chi connectivity index (χ1v) is 13.8. The van der Waals surface area contributed by atoms with E-state index in [2.05, 4.69) is 15.5 Å². The van der Waals surface area contributed by atoms with Crippen LogP contribution in [0, 0.1) is 0 Å². The Labute approximate surface area is 219 Å². The first-order valence-electron chi connectivity index (χ1n) is 12.6. The first kappa shape index (κ1) is 25.2. The maximum Gasteiger partial charge on any atom is 0.261 e. The molecule has 0 spiro atoms. The second-order valence-corrected chi connectivity index (χ2v) is 11.3. The summed E-state index contributed by atoms with van der Waals surface area (Å²) in [6.07, 6.45) is 6.66. The Morgan fingerprint density at radius 2 is 1.78 bits per heavy atom. The van der Waals surface area contributed by atoms with Crippen molar-refractivity contribution in [3.05, 3.63) is 45.6 Å². The number of hydrogen-bond acceptors (Lipinski definition) is 6. The Kier molecular flexibility index (Phi) is 7.90. The molecule has 3 amide bonds. The van der Waals surface area contributed by atoms with Crippen LogP contribution in [0.1, 0.15) is 48.2 Å². The molecule has 8 nitrogen and oxygen atoms in total. The zero-order valence-electron chi connectivity index (χ0n) is 20.1. The molecule has 1 saturated heterocycles. The predicted molar refractivity (Wildman–Crippen MR) is 141 cm³/mol. The maximum atomic E-state index is 13.6. The molecule has 5 rings (SSSR count). The summed E-state index contributed by atoms with van der Waals surface area (Å²) in [6, 6.07) is 11.0. The molecule has 1 aromatic heterocycles. The molecule has 2 heterocycles. The van der Waals surface area contributed by atoms with E-state index >= 15 is 0 Å². The van der Waals surface area contributed by atoms with Gasteiger partial charge >= 0.3 is 0 Å². The lowest BCUT2D eigenvalue weighted by Crippen LogP contribution is -2.61. The number of hydrogen-bond donors (Lipinski definition) is 2. The van der Waals surface area contributed by atoms with Crippen molar-refractivity contribution >= 4 is 52.0 Å². The second-order valence-electron chi connectivity index (χ2n) is 9.58. The summed E-state index contributed by atoms with van der Waals surface area (Å²) in [5, 5.41) is 6.04. The van der Waals surface area contributed by atoms with Crippen molar-refractivity contribution in [1.29, 1.82) is 0 Å². The van der Waals surface area contributed by atoms with Crippen LogP contribution in [-0.4, -0.2) is 67.1 Å². The summed E-state index contributed by atoms with van der Waals surface area (Å²) in [6.45, 7) is 1.34. The lowest BCUT2D eigenvalue weighted by atomic mass is 9.83. The van der Waals surface area contributed by atoms with Crippen LogP contribution in [0.5, 0.6) is 0 Å². The third-order valence-electron chi connectivity index (χ3n) is 7.34. The molecule has 10 heteroatoms. The number of morpholine rings is 1. The van der Waals surface area contributed by atoms with Crippen LogP contribution in [0.25, 0.3) is 0 Å². The van der Waals surface area contributed by atoms with E-state index in [0.717, 1.165) is 31.4 Å². The summed E-state index contributed by atoms with van der Waals surface area (Å²) in [4.78, 5) is 43.1. The Balaban J connectivity index is 1.30. The highest BCUT2D eigenvalue weighted by molar-refractivity contribution is 7.18. The van der Waals surface area contributed by atoms with Gasteiger partial charge in [0.1, 0.15) is 12.6 Å². The normalized spacial score (nSPS) is 19.5. The van der Waals surface area contributed by atoms with Crippen LogP contribution in [0.4, 0.5) is 11.4 Å². The number of ether oxygens (including phenoxy) is 1. The lowest BCUT2D eigenvalue weighted by molar-refractivity contribution is -0.126. The average Bonchev–Trinajstić information content (AvgIpc) is 3.24. The minimum Gasteiger partial charge on any atom is -0.370 e. The minimum absolute atomic E-state index is 0.0718. The fourth-order valence-electron chi connectivity index (χ4n) is 4.96. The largest absolute Gasteiger partial charge is 0.370 e. The molecule has 1 atom stereocenters. The van der Waals surface area contributed by atoms with Crippen molar-refractivity contribution in [2.24, 2.45) is 0 Å². The highest BCUT2D eigenvalue weighted by atomic mass is 35.5. The second kappa shape index (κ2) is 11.3. The standard InChI is InChI=1S/C26H31ClN4O4S/c27-23-12-11-22(36-23)26(34)28-15-21(31(19-3-1-4-19)20-5-2-6-20)25(33)29-17-7-9-18(10-8-17)30-13-14-35-16-24(30)32/h7-12,19-21H,1-6,13-16H2,(H,28,34)(H,29,33)/t21-/m0/s1. The number of thiophene rings is 1. The first-order chi connectivity index (χ1) is 17.5. The van der Waals surface area contributed by atoms with Gasteiger partial charge in [-0.05, 0) is 62.1 Å². The summed E-state index contributed by atoms with van der Waals surface area (Å²) >= 11 is 7.23. The number of nitrogens with zero attached hydrogens (tertiary/aromatic N) is 2. The number of carbonyl (C=O) groups is 3. The molecule has 1 aliphatic heterocycles. The van der Waals surface area contributed by atoms with Gasteiger partial charge in [0.25, 0.3) is 11.8 Å². The zero-order valence-corrected chi connectivity index (χ0v) is 21.7. The van der Waals surface area contributed by atoms with E-state index in [9.17, 15) is 14.4 Å². The van der Waals surface area contributed by atoms with E-state index in [1.807, 2.05) is 24.3 Å². The Morgan fingerprint density at radius 1 is 1.08 bits per heavy atom. The summed E-state index contributed by atoms with van der Waals surface area (Å²) in [7, 11) is 0. The molecule has 3 aliphatic rings. The number of anilines is 2. The van der Waals surface area contributed by atoms with Crippen LogP contribution in [0.3, 0.4) is 0 Å². The number of carbonyl (C=O) groups excluding carboxylic acids is 3. The molecule has 36 heavy (non-hydrogen) atoms. The summed E-state index contributed by atoms with van der Waals surface area (Å²) in [5.74, 6) is -0.419. The maximum absolute atomic E-state index is 13.6. The van der Waals surface area contributed by atoms with E-state index in [4.69, 9.17) is 16.3 Å². The number of benzene rings is 1. The monoisotopic (exact) mass is 530 g/mol. The molecule has 3 fully saturated rings. The van der Waals surface area contributed by atoms with Crippen LogP contribution >= 0.6 is 22.9 Å². The molecule has 1 aromatic carbocycles. The Hall–Kier alpha value is -2.46. The fourth-order valence-corrected chi connectivity index (χ4v) is 5.92. The van der Waals surface area contributed by atoms with Gasteiger partial charge in [-0.3, -0.25) is 19.3 Å². The van der Waals surface area contributed by atoms with E-state index in [0.29, 0.717) is 40.1 Å². The molecule has 0 bridgehead atoms. The van der Waals surface area contributed by atoms with Gasteiger partial charge in [-0.1, -0.05) is 24.4 Å². The zero-order chi connectivity index (χ0) is 25.1. The fraction of sp³-hybridized carbons (Fsp3) is 0.500. The van der Waals surface area contributed by atoms with Crippen molar-refractivity contribution < 1.29 is 19.1 Å². The van der Waals surface area contributed by atoms with E-state index in [1.165, 1.54) is 24.2 Å². The SMILES string of the molecule is O=C(NC[C@@H](C(=O)Nc1ccc(N2CCOCC2=O)cc1)N(C1CCC1)C1CCC1)c1ccc(Cl)s1. The van der Waals surface area contributed by atoms with Gasteiger partial charge in [-0.2, -0.15) is 0 Å². The molecule has 192 valence electrons. The third kappa shape index (κ3) is 5.59. The summed E-state index contributed by atoms with van der Waals surface area (Å²) < 4.78 is 5.76. The van der Waals surface area contributed by atoms with Crippen LogP contribution in [0.2, 0.25) is 4.34 Å². The van der Waals surface area contributed by atoms with Gasteiger partial charge in [-0.25, -0.2) is 0 Å². The molecule has 2 aliphatic carbocycles. The van der Waals surface area contributed by atoms with Gasteiger partial charge < -0.3 is 20.3 Å². The van der Waals surface area contributed by atoms with Gasteiger partial charge in [0.15, 0.2) is 0 Å². The smallest absolute Gasteiger partial charge is 0.261 e. The molecule has 2 aromatic rings. The number of rotatable bonds is 9. The molecule has 0 unspecified atom stereocenters. The highest BCUT2D eigenvalue weighted by Gasteiger charge is 2.41. The topological polar surface area (TPSA) is 91.0 Å². The minimum atomic E-state index is -0.472. The molecular formula is C26H31ClN4O4S. The average molecular weight is 531 g/mol. The molecular weight excluding hydrogens is 500 g/mol. The van der Waals surface area contributed by atoms with Crippen molar-refractivity contribution in [2.45, 2.75) is 56.7 Å². The highest BCUT2D eigenvalue weighted by Crippen LogP contribution is 2.35. The lowest BCUT2D eigenvalue weighted by Gasteiger charge is -2.49. The molecule has 2 N–H and O–H groups in total. The van der Waals surface area contributed by atoms with Crippen molar-refractivity contribution in [1.82, 2.24) is 10.2 Å². The molecule has 0 radical (unpaired) electrons. The molecule has 2 saturated carbocycles. The van der Waals surface area contributed by atoms with Crippen molar-refractivity contribution in [2.75, 3.05) is 36.5 Å². The van der Waals surface area contributed by atoms with Gasteiger partial charge in [0, 0.05) is 36.5 Å². The number of nitrogens with one attached hydrogen (secondary N) is 2. The van der Waals surface area contributed by atoms with Crippen LogP contribution in [0.15, 0.2) is 36.4 Å².